The van der Waals surface area contributed by atoms with Crippen LogP contribution < -0.4 is 0 Å². The molecule has 0 saturated heterocycles. The molecule has 2 rings (SSSR count). The summed E-state index contributed by atoms with van der Waals surface area (Å²) in [6.07, 6.45) is 0.653. The minimum Gasteiger partial charge on any atom is -0.469 e. The van der Waals surface area contributed by atoms with E-state index in [1.54, 1.807) is 0 Å². The molecule has 0 unspecified atom stereocenters. The van der Waals surface area contributed by atoms with Gasteiger partial charge in [-0.2, -0.15) is 0 Å². The van der Waals surface area contributed by atoms with Gasteiger partial charge in [0.25, 0.3) is 0 Å². The van der Waals surface area contributed by atoms with Gasteiger partial charge in [0.15, 0.2) is 0 Å². The van der Waals surface area contributed by atoms with Gasteiger partial charge in [0.2, 0.25) is 0 Å². The van der Waals surface area contributed by atoms with Crippen LogP contribution in [0.4, 0.5) is 4.39 Å². The molecule has 19 heavy (non-hydrogen) atoms. The number of nitrogens with zero attached hydrogens (tertiary/aromatic N) is 1. The van der Waals surface area contributed by atoms with Crippen molar-refractivity contribution in [1.82, 2.24) is 4.98 Å². The van der Waals surface area contributed by atoms with E-state index < -0.39 is 0 Å². The van der Waals surface area contributed by atoms with Crippen molar-refractivity contribution in [2.45, 2.75) is 26.7 Å². The summed E-state index contributed by atoms with van der Waals surface area (Å²) < 4.78 is 18.2. The Hall–Kier alpha value is -1.97. The Morgan fingerprint density at radius 2 is 2.05 bits per heavy atom. The van der Waals surface area contributed by atoms with E-state index in [1.165, 1.54) is 19.2 Å². The number of benzene rings is 1. The van der Waals surface area contributed by atoms with Gasteiger partial charge in [-0.05, 0) is 49.6 Å². The minimum atomic E-state index is -0.305. The smallest absolute Gasteiger partial charge is 0.305 e. The number of carbonyl (C=O) groups is 1. The molecule has 0 bridgehead atoms. The third-order valence-corrected chi connectivity index (χ3v) is 3.12. The number of esters is 1. The van der Waals surface area contributed by atoms with Gasteiger partial charge in [-0.15, -0.1) is 0 Å². The highest BCUT2D eigenvalue weighted by atomic mass is 19.1. The number of rotatable bonds is 3. The normalized spacial score (nSPS) is 10.7. The Bertz CT molecular complexity index is 638. The third-order valence-electron chi connectivity index (χ3n) is 3.12. The van der Waals surface area contributed by atoms with Gasteiger partial charge in [0.1, 0.15) is 5.82 Å². The van der Waals surface area contributed by atoms with Crippen LogP contribution in [0.1, 0.15) is 23.2 Å². The van der Waals surface area contributed by atoms with E-state index >= 15 is 0 Å². The molecule has 0 aliphatic heterocycles. The molecule has 0 radical (unpaired) electrons. The lowest BCUT2D eigenvalue weighted by molar-refractivity contribution is -0.140. The van der Waals surface area contributed by atoms with Gasteiger partial charge < -0.3 is 4.74 Å². The zero-order chi connectivity index (χ0) is 14.0. The van der Waals surface area contributed by atoms with E-state index in [1.807, 2.05) is 19.9 Å². The first-order chi connectivity index (χ1) is 9.01. The molecule has 0 aliphatic rings. The van der Waals surface area contributed by atoms with Crippen molar-refractivity contribution in [2.24, 2.45) is 0 Å². The van der Waals surface area contributed by atoms with Gasteiger partial charge in [-0.3, -0.25) is 9.78 Å². The number of fused-ring (bicyclic) bond motifs is 1. The van der Waals surface area contributed by atoms with E-state index in [0.29, 0.717) is 6.42 Å². The first-order valence-electron chi connectivity index (χ1n) is 6.14. The SMILES string of the molecule is COC(=O)CCc1cc(F)cc2c(C)cc(C)nc12. The lowest BCUT2D eigenvalue weighted by Crippen LogP contribution is -2.03. The van der Waals surface area contributed by atoms with Crippen LogP contribution in [0.3, 0.4) is 0 Å². The summed E-state index contributed by atoms with van der Waals surface area (Å²) in [6, 6.07) is 4.85. The van der Waals surface area contributed by atoms with Gasteiger partial charge in [-0.1, -0.05) is 0 Å². The molecule has 1 aromatic carbocycles. The van der Waals surface area contributed by atoms with E-state index in [2.05, 4.69) is 9.72 Å². The summed E-state index contributed by atoms with van der Waals surface area (Å²) in [5.74, 6) is -0.608. The van der Waals surface area contributed by atoms with Crippen molar-refractivity contribution in [3.63, 3.8) is 0 Å². The minimum absolute atomic E-state index is 0.226. The highest BCUT2D eigenvalue weighted by Crippen LogP contribution is 2.24. The van der Waals surface area contributed by atoms with Gasteiger partial charge in [-0.25, -0.2) is 4.39 Å². The number of pyridine rings is 1. The molecule has 1 heterocycles. The summed E-state index contributed by atoms with van der Waals surface area (Å²) in [7, 11) is 1.35. The lowest BCUT2D eigenvalue weighted by Gasteiger charge is -2.09. The standard InChI is InChI=1S/C15H16FNO2/c1-9-6-10(2)17-15-11(4-5-14(18)19-3)7-12(16)8-13(9)15/h6-8H,4-5H2,1-3H3. The summed E-state index contributed by atoms with van der Waals surface area (Å²) in [6.45, 7) is 3.83. The number of aromatic nitrogens is 1. The molecule has 1 aromatic heterocycles. The van der Waals surface area contributed by atoms with E-state index in [9.17, 15) is 9.18 Å². The molecule has 0 aliphatic carbocycles. The third kappa shape index (κ3) is 2.89. The second-order valence-corrected chi connectivity index (χ2v) is 4.62. The zero-order valence-corrected chi connectivity index (χ0v) is 11.3. The Morgan fingerprint density at radius 3 is 2.74 bits per heavy atom. The molecule has 0 saturated carbocycles. The van der Waals surface area contributed by atoms with Crippen molar-refractivity contribution in [2.75, 3.05) is 7.11 Å². The van der Waals surface area contributed by atoms with Crippen LogP contribution in [0.2, 0.25) is 0 Å². The Morgan fingerprint density at radius 1 is 1.32 bits per heavy atom. The van der Waals surface area contributed by atoms with Gasteiger partial charge >= 0.3 is 5.97 Å². The molecular weight excluding hydrogens is 245 g/mol. The summed E-state index contributed by atoms with van der Waals surface area (Å²) in [5.41, 5.74) is 3.38. The fraction of sp³-hybridized carbons (Fsp3) is 0.333. The number of hydrogen-bond acceptors (Lipinski definition) is 3. The predicted molar refractivity (Wildman–Crippen MR) is 71.5 cm³/mol. The fourth-order valence-electron chi connectivity index (χ4n) is 2.22. The average Bonchev–Trinajstić information content (AvgIpc) is 2.36. The summed E-state index contributed by atoms with van der Waals surface area (Å²) in [4.78, 5) is 15.7. The number of aryl methyl sites for hydroxylation is 3. The van der Waals surface area contributed by atoms with Crippen molar-refractivity contribution in [1.29, 1.82) is 0 Å². The molecule has 2 aromatic rings. The second-order valence-electron chi connectivity index (χ2n) is 4.62. The molecule has 100 valence electrons. The Labute approximate surface area is 111 Å². The highest BCUT2D eigenvalue weighted by Gasteiger charge is 2.10. The van der Waals surface area contributed by atoms with Gasteiger partial charge in [0, 0.05) is 17.5 Å². The van der Waals surface area contributed by atoms with Crippen LogP contribution in [-0.2, 0) is 16.0 Å². The zero-order valence-electron chi connectivity index (χ0n) is 11.3. The molecule has 0 amide bonds. The first kappa shape index (κ1) is 13.5. The van der Waals surface area contributed by atoms with E-state index in [0.717, 1.165) is 27.7 Å². The van der Waals surface area contributed by atoms with Crippen LogP contribution in [0.25, 0.3) is 10.9 Å². The molecule has 0 fully saturated rings. The predicted octanol–water partition coefficient (Wildman–Crippen LogP) is 3.10. The molecular formula is C15H16FNO2. The average molecular weight is 261 g/mol. The molecule has 0 N–H and O–H groups in total. The van der Waals surface area contributed by atoms with Crippen molar-refractivity contribution in [3.05, 3.63) is 40.8 Å². The largest absolute Gasteiger partial charge is 0.469 e. The Kier molecular flexibility index (Phi) is 3.79. The van der Waals surface area contributed by atoms with Crippen LogP contribution in [0.15, 0.2) is 18.2 Å². The number of ether oxygens (including phenoxy) is 1. The summed E-state index contributed by atoms with van der Waals surface area (Å²) >= 11 is 0. The number of carbonyl (C=O) groups excluding carboxylic acids is 1. The number of methoxy groups -OCH3 is 1. The van der Waals surface area contributed by atoms with E-state index in [4.69, 9.17) is 0 Å². The van der Waals surface area contributed by atoms with Gasteiger partial charge in [0.05, 0.1) is 12.6 Å². The second kappa shape index (κ2) is 5.34. The topological polar surface area (TPSA) is 39.2 Å². The fourth-order valence-corrected chi connectivity index (χ4v) is 2.22. The molecule has 3 nitrogen and oxygen atoms in total. The van der Waals surface area contributed by atoms with E-state index in [-0.39, 0.29) is 18.2 Å². The maximum atomic E-state index is 13.6. The van der Waals surface area contributed by atoms with Crippen molar-refractivity contribution >= 4 is 16.9 Å². The maximum absolute atomic E-state index is 13.6. The molecule has 4 heteroatoms. The first-order valence-corrected chi connectivity index (χ1v) is 6.14. The maximum Gasteiger partial charge on any atom is 0.305 e. The van der Waals surface area contributed by atoms with Crippen molar-refractivity contribution < 1.29 is 13.9 Å². The molecule has 0 atom stereocenters. The highest BCUT2D eigenvalue weighted by molar-refractivity contribution is 5.85. The Balaban J connectivity index is 2.50. The van der Waals surface area contributed by atoms with Crippen LogP contribution in [0, 0.1) is 19.7 Å². The number of hydrogen-bond donors (Lipinski definition) is 0. The number of halogens is 1. The van der Waals surface area contributed by atoms with Crippen LogP contribution in [0.5, 0.6) is 0 Å². The van der Waals surface area contributed by atoms with Crippen molar-refractivity contribution in [3.8, 4) is 0 Å². The molecule has 0 spiro atoms. The summed E-state index contributed by atoms with van der Waals surface area (Å²) in [5, 5.41) is 0.797. The monoisotopic (exact) mass is 261 g/mol. The quantitative estimate of drug-likeness (QED) is 0.797. The van der Waals surface area contributed by atoms with Crippen LogP contribution in [-0.4, -0.2) is 18.1 Å². The lowest BCUT2D eigenvalue weighted by atomic mass is 10.0. The van der Waals surface area contributed by atoms with Crippen LogP contribution >= 0.6 is 0 Å².